The molecule has 3 atom stereocenters. The number of anilines is 1. The van der Waals surface area contributed by atoms with Crippen LogP contribution in [0.4, 0.5) is 14.6 Å². The Morgan fingerprint density at radius 2 is 1.89 bits per heavy atom. The summed E-state index contributed by atoms with van der Waals surface area (Å²) in [4.78, 5) is 21.0. The molecule has 1 aromatic carbocycles. The van der Waals surface area contributed by atoms with Gasteiger partial charge in [-0.25, -0.2) is 13.8 Å². The van der Waals surface area contributed by atoms with Crippen molar-refractivity contribution in [1.29, 1.82) is 0 Å². The number of amides is 1. The van der Waals surface area contributed by atoms with Gasteiger partial charge in [0.15, 0.2) is 11.6 Å². The zero-order valence-electron chi connectivity index (χ0n) is 15.4. The molecule has 2 aromatic rings. The molecule has 7 heteroatoms. The fourth-order valence-corrected chi connectivity index (χ4v) is 5.56. The molecule has 2 N–H and O–H groups in total. The summed E-state index contributed by atoms with van der Waals surface area (Å²) in [5.74, 6) is -1.31. The maximum absolute atomic E-state index is 14.7. The van der Waals surface area contributed by atoms with Crippen LogP contribution >= 0.6 is 0 Å². The molecule has 0 radical (unpaired) electrons. The highest BCUT2D eigenvalue weighted by atomic mass is 19.2. The number of pyridine rings is 1. The van der Waals surface area contributed by atoms with Gasteiger partial charge in [-0.3, -0.25) is 9.69 Å². The Hall–Kier alpha value is -2.54. The van der Waals surface area contributed by atoms with Crippen molar-refractivity contribution in [2.45, 2.75) is 30.8 Å². The first-order valence-electron chi connectivity index (χ1n) is 9.75. The number of primary amides is 1. The summed E-state index contributed by atoms with van der Waals surface area (Å²) >= 11 is 0. The number of carbonyl (C=O) groups excluding carboxylic acids is 1. The van der Waals surface area contributed by atoms with Gasteiger partial charge >= 0.3 is 0 Å². The number of rotatable bonds is 3. The number of nitrogens with two attached hydrogens (primary N) is 1. The van der Waals surface area contributed by atoms with Crippen LogP contribution in [0.5, 0.6) is 0 Å². The molecular weight excluding hydrogens is 362 g/mol. The van der Waals surface area contributed by atoms with Gasteiger partial charge in [-0.05, 0) is 55.6 Å². The van der Waals surface area contributed by atoms with Gasteiger partial charge in [0.05, 0.1) is 5.56 Å². The third kappa shape index (κ3) is 2.53. The number of piperidine rings is 3. The molecule has 4 aliphatic rings. The molecule has 0 spiro atoms. The van der Waals surface area contributed by atoms with Gasteiger partial charge in [-0.1, -0.05) is 12.1 Å². The zero-order valence-corrected chi connectivity index (χ0v) is 15.4. The summed E-state index contributed by atoms with van der Waals surface area (Å²) in [6, 6.07) is 7.96. The van der Waals surface area contributed by atoms with Crippen LogP contribution in [0.15, 0.2) is 36.5 Å². The number of aromatic nitrogens is 1. The van der Waals surface area contributed by atoms with Crippen LogP contribution < -0.4 is 10.6 Å². The summed E-state index contributed by atoms with van der Waals surface area (Å²) in [5, 5.41) is 0. The maximum Gasteiger partial charge on any atom is 0.252 e. The number of halogens is 2. The summed E-state index contributed by atoms with van der Waals surface area (Å²) in [5.41, 5.74) is 6.37. The van der Waals surface area contributed by atoms with Gasteiger partial charge < -0.3 is 10.6 Å². The van der Waals surface area contributed by atoms with Crippen LogP contribution in [0, 0.1) is 17.6 Å². The van der Waals surface area contributed by atoms with Crippen molar-refractivity contribution in [1.82, 2.24) is 9.88 Å². The monoisotopic (exact) mass is 384 g/mol. The van der Waals surface area contributed by atoms with E-state index in [9.17, 15) is 13.6 Å². The first-order chi connectivity index (χ1) is 13.6. The molecule has 5 nitrogen and oxygen atoms in total. The van der Waals surface area contributed by atoms with Crippen LogP contribution in [0.25, 0.3) is 0 Å². The van der Waals surface area contributed by atoms with Gasteiger partial charge in [-0.15, -0.1) is 0 Å². The lowest BCUT2D eigenvalue weighted by Crippen LogP contribution is -2.60. The molecule has 5 heterocycles. The summed E-state index contributed by atoms with van der Waals surface area (Å²) in [6.07, 6.45) is 3.78. The van der Waals surface area contributed by atoms with Crippen molar-refractivity contribution in [3.8, 4) is 0 Å². The third-order valence-corrected chi connectivity index (χ3v) is 6.70. The molecule has 0 saturated carbocycles. The van der Waals surface area contributed by atoms with E-state index in [1.165, 1.54) is 0 Å². The molecular formula is C21H22F2N4O. The summed E-state index contributed by atoms with van der Waals surface area (Å²) in [7, 11) is 0. The van der Waals surface area contributed by atoms with E-state index in [-0.39, 0.29) is 18.0 Å². The number of carbonyl (C=O) groups is 1. The van der Waals surface area contributed by atoms with E-state index in [1.807, 2.05) is 0 Å². The lowest BCUT2D eigenvalue weighted by Gasteiger charge is -2.51. The highest BCUT2D eigenvalue weighted by Gasteiger charge is 2.54. The highest BCUT2D eigenvalue weighted by Crippen LogP contribution is 2.48. The van der Waals surface area contributed by atoms with Crippen LogP contribution in [-0.2, 0) is 0 Å². The number of fused-ring (bicyclic) bond motifs is 2. The topological polar surface area (TPSA) is 62.5 Å². The molecule has 1 aromatic heterocycles. The lowest BCUT2D eigenvalue weighted by molar-refractivity contribution is 0.0349. The fraction of sp³-hybridized carbons (Fsp3) is 0.429. The van der Waals surface area contributed by atoms with Crippen molar-refractivity contribution in [2.75, 3.05) is 24.5 Å². The largest absolute Gasteiger partial charge is 0.365 e. The van der Waals surface area contributed by atoms with E-state index in [4.69, 9.17) is 5.73 Å². The molecule has 28 heavy (non-hydrogen) atoms. The van der Waals surface area contributed by atoms with Crippen molar-refractivity contribution in [3.63, 3.8) is 0 Å². The van der Waals surface area contributed by atoms with E-state index in [0.717, 1.165) is 32.0 Å². The van der Waals surface area contributed by atoms with Gasteiger partial charge in [0.2, 0.25) is 0 Å². The molecule has 1 amide bonds. The minimum absolute atomic E-state index is 0.0755. The lowest BCUT2D eigenvalue weighted by atomic mass is 9.75. The Morgan fingerprint density at radius 1 is 1.11 bits per heavy atom. The van der Waals surface area contributed by atoms with E-state index in [2.05, 4.69) is 14.8 Å². The molecule has 2 bridgehead atoms. The number of benzene rings is 1. The minimum Gasteiger partial charge on any atom is -0.365 e. The maximum atomic E-state index is 14.7. The van der Waals surface area contributed by atoms with Gasteiger partial charge in [0.25, 0.3) is 5.91 Å². The smallest absolute Gasteiger partial charge is 0.252 e. The van der Waals surface area contributed by atoms with Crippen LogP contribution in [-0.4, -0.2) is 47.5 Å². The first kappa shape index (κ1) is 17.6. The Balaban J connectivity index is 1.62. The Morgan fingerprint density at radius 3 is 2.64 bits per heavy atom. The molecule has 0 aliphatic carbocycles. The molecule has 4 aliphatic heterocycles. The molecule has 0 unspecified atom stereocenters. The Labute approximate surface area is 162 Å². The standard InChI is InChI=1S/C21H22F2N4O/c22-16-5-1-3-13(17(16)23)15-11-27(21-14(20(24)28)4-2-8-25-21)18-12-6-9-26(10-7-12)19(15)18/h1-5,8,12,15,18-19H,6-7,9-11H2,(H2,24,28)/t15-,18+,19+/m1/s1. The molecule has 6 rings (SSSR count). The SMILES string of the molecule is NC(=O)c1cccnc1N1C[C@H](c2cccc(F)c2F)[C@H]2[C@@H]1C1CCN2CC1. The first-order valence-corrected chi connectivity index (χ1v) is 9.75. The minimum atomic E-state index is -0.820. The number of hydrogen-bond donors (Lipinski definition) is 1. The fourth-order valence-electron chi connectivity index (χ4n) is 5.56. The van der Waals surface area contributed by atoms with Crippen molar-refractivity contribution >= 4 is 11.7 Å². The van der Waals surface area contributed by atoms with Crippen molar-refractivity contribution in [2.24, 2.45) is 11.7 Å². The van der Waals surface area contributed by atoms with Crippen LogP contribution in [0.2, 0.25) is 0 Å². The predicted octanol–water partition coefficient (Wildman–Crippen LogP) is 2.53. The van der Waals surface area contributed by atoms with Gasteiger partial charge in [0, 0.05) is 30.7 Å². The summed E-state index contributed by atoms with van der Waals surface area (Å²) in [6.45, 7) is 2.43. The molecule has 4 saturated heterocycles. The van der Waals surface area contributed by atoms with Gasteiger partial charge in [0.1, 0.15) is 5.82 Å². The number of nitrogens with zero attached hydrogens (tertiary/aromatic N) is 3. The van der Waals surface area contributed by atoms with E-state index in [0.29, 0.717) is 29.4 Å². The third-order valence-electron chi connectivity index (χ3n) is 6.70. The highest BCUT2D eigenvalue weighted by molar-refractivity contribution is 5.97. The predicted molar refractivity (Wildman–Crippen MR) is 101 cm³/mol. The van der Waals surface area contributed by atoms with Crippen LogP contribution in [0.1, 0.15) is 34.7 Å². The second-order valence-corrected chi connectivity index (χ2v) is 8.00. The quantitative estimate of drug-likeness (QED) is 0.883. The number of hydrogen-bond acceptors (Lipinski definition) is 4. The molecule has 4 fully saturated rings. The summed E-state index contributed by atoms with van der Waals surface area (Å²) < 4.78 is 28.6. The normalized spacial score (nSPS) is 31.1. The van der Waals surface area contributed by atoms with Gasteiger partial charge in [-0.2, -0.15) is 0 Å². The average molecular weight is 384 g/mol. The van der Waals surface area contributed by atoms with E-state index >= 15 is 0 Å². The second kappa shape index (κ2) is 6.51. The van der Waals surface area contributed by atoms with Crippen molar-refractivity contribution in [3.05, 3.63) is 59.3 Å². The van der Waals surface area contributed by atoms with Crippen molar-refractivity contribution < 1.29 is 13.6 Å². The Kier molecular flexibility index (Phi) is 4.08. The average Bonchev–Trinajstić information content (AvgIpc) is 3.13. The van der Waals surface area contributed by atoms with E-state index < -0.39 is 17.5 Å². The van der Waals surface area contributed by atoms with Crippen LogP contribution in [0.3, 0.4) is 0 Å². The van der Waals surface area contributed by atoms with E-state index in [1.54, 1.807) is 30.5 Å². The zero-order chi connectivity index (χ0) is 19.4. The second-order valence-electron chi connectivity index (χ2n) is 8.00. The molecule has 146 valence electrons. The Bertz CT molecular complexity index is 928.